The summed E-state index contributed by atoms with van der Waals surface area (Å²) in [6.07, 6.45) is 1.99. The first kappa shape index (κ1) is 19.6. The topological polar surface area (TPSA) is 40.5 Å². The smallest absolute Gasteiger partial charge is 0.258 e. The summed E-state index contributed by atoms with van der Waals surface area (Å²) < 4.78 is 13.2. The zero-order chi connectivity index (χ0) is 18.6. The van der Waals surface area contributed by atoms with Crippen LogP contribution in [0.5, 0.6) is 11.5 Å². The quantitative estimate of drug-likeness (QED) is 0.513. The summed E-state index contributed by atoms with van der Waals surface area (Å²) in [6.45, 7) is 9.61. The van der Waals surface area contributed by atoms with Crippen LogP contribution in [0.25, 0.3) is 10.8 Å². The Bertz CT molecular complexity index is 790. The third-order valence-electron chi connectivity index (χ3n) is 4.04. The Morgan fingerprint density at radius 3 is 2.48 bits per heavy atom. The van der Waals surface area contributed by atoms with E-state index in [-0.39, 0.29) is 16.9 Å². The molecule has 0 aliphatic carbocycles. The number of fused-ring (bicyclic) bond motifs is 1. The fourth-order valence-electron chi connectivity index (χ4n) is 2.82. The third-order valence-corrected chi connectivity index (χ3v) is 4.29. The first-order valence-electron chi connectivity index (χ1n) is 8.74. The van der Waals surface area contributed by atoms with Crippen molar-refractivity contribution in [1.29, 1.82) is 0 Å². The molecule has 0 bridgehead atoms. The highest BCUT2D eigenvalue weighted by atomic mass is 35.5. The van der Waals surface area contributed by atoms with E-state index in [0.717, 1.165) is 23.9 Å². The highest BCUT2D eigenvalue weighted by Crippen LogP contribution is 2.33. The number of unbranched alkanes of at least 4 members (excludes halogenated alkanes) is 1. The standard InChI is InChI=1S/C20H28ClNO3/c1-6-7-10-25-18-16-11-14(24-5)8-9-15(16)19(23)22(17(18)12-21)13-20(2,3)4/h8-9,11H,6-7,10,12-13H2,1-5H3. The largest absolute Gasteiger partial charge is 0.497 e. The van der Waals surface area contributed by atoms with E-state index in [0.29, 0.717) is 30.0 Å². The van der Waals surface area contributed by atoms with Crippen molar-refractivity contribution in [2.45, 2.75) is 53.0 Å². The van der Waals surface area contributed by atoms with E-state index >= 15 is 0 Å². The summed E-state index contributed by atoms with van der Waals surface area (Å²) in [4.78, 5) is 13.1. The van der Waals surface area contributed by atoms with Crippen molar-refractivity contribution < 1.29 is 9.47 Å². The summed E-state index contributed by atoms with van der Waals surface area (Å²) in [5.41, 5.74) is 0.648. The number of halogens is 1. The highest BCUT2D eigenvalue weighted by Gasteiger charge is 2.21. The molecule has 0 radical (unpaired) electrons. The molecule has 0 spiro atoms. The Morgan fingerprint density at radius 2 is 1.92 bits per heavy atom. The van der Waals surface area contributed by atoms with Crippen molar-refractivity contribution in [1.82, 2.24) is 4.57 Å². The summed E-state index contributed by atoms with van der Waals surface area (Å²) in [7, 11) is 1.61. The van der Waals surface area contributed by atoms with Gasteiger partial charge in [-0.05, 0) is 30.0 Å². The summed E-state index contributed by atoms with van der Waals surface area (Å²) >= 11 is 6.25. The Balaban J connectivity index is 2.75. The van der Waals surface area contributed by atoms with Crippen molar-refractivity contribution in [2.24, 2.45) is 5.41 Å². The average Bonchev–Trinajstić information content (AvgIpc) is 2.57. The van der Waals surface area contributed by atoms with Crippen molar-refractivity contribution in [3.8, 4) is 11.5 Å². The van der Waals surface area contributed by atoms with Crippen molar-refractivity contribution in [2.75, 3.05) is 13.7 Å². The Labute approximate surface area is 154 Å². The maximum atomic E-state index is 13.1. The van der Waals surface area contributed by atoms with Crippen LogP contribution in [0.15, 0.2) is 23.0 Å². The molecule has 0 unspecified atom stereocenters. The minimum absolute atomic E-state index is 0.0360. The highest BCUT2D eigenvalue weighted by molar-refractivity contribution is 6.17. The molecule has 4 nitrogen and oxygen atoms in total. The van der Waals surface area contributed by atoms with E-state index in [1.54, 1.807) is 23.8 Å². The molecule has 0 saturated heterocycles. The monoisotopic (exact) mass is 365 g/mol. The summed E-state index contributed by atoms with van der Waals surface area (Å²) in [6, 6.07) is 5.47. The molecule has 0 aliphatic rings. The van der Waals surface area contributed by atoms with E-state index in [1.165, 1.54) is 0 Å². The van der Waals surface area contributed by atoms with Gasteiger partial charge in [-0.25, -0.2) is 0 Å². The number of ether oxygens (including phenoxy) is 2. The molecule has 25 heavy (non-hydrogen) atoms. The second-order valence-electron chi connectivity index (χ2n) is 7.47. The minimum Gasteiger partial charge on any atom is -0.497 e. The van der Waals surface area contributed by atoms with Gasteiger partial charge >= 0.3 is 0 Å². The van der Waals surface area contributed by atoms with E-state index < -0.39 is 0 Å². The second-order valence-corrected chi connectivity index (χ2v) is 7.74. The normalized spacial score (nSPS) is 11.8. The van der Waals surface area contributed by atoms with Crippen LogP contribution in [0.2, 0.25) is 0 Å². The first-order valence-corrected chi connectivity index (χ1v) is 9.28. The minimum atomic E-state index is -0.0501. The van der Waals surface area contributed by atoms with Crippen molar-refractivity contribution >= 4 is 22.4 Å². The lowest BCUT2D eigenvalue weighted by atomic mass is 9.96. The molecule has 0 N–H and O–H groups in total. The van der Waals surface area contributed by atoms with Gasteiger partial charge in [0.2, 0.25) is 0 Å². The van der Waals surface area contributed by atoms with E-state index in [9.17, 15) is 4.79 Å². The van der Waals surface area contributed by atoms with Gasteiger partial charge in [0.05, 0.1) is 30.7 Å². The van der Waals surface area contributed by atoms with E-state index in [1.807, 2.05) is 6.07 Å². The zero-order valence-corrected chi connectivity index (χ0v) is 16.6. The van der Waals surface area contributed by atoms with Crippen molar-refractivity contribution in [3.05, 3.63) is 34.2 Å². The number of nitrogens with zero attached hydrogens (tertiary/aromatic N) is 1. The molecule has 0 atom stereocenters. The molecule has 0 amide bonds. The van der Waals surface area contributed by atoms with Crippen molar-refractivity contribution in [3.63, 3.8) is 0 Å². The number of methoxy groups -OCH3 is 1. The van der Waals surface area contributed by atoms with E-state index in [4.69, 9.17) is 21.1 Å². The fraction of sp³-hybridized carbons (Fsp3) is 0.550. The molecule has 0 aliphatic heterocycles. The predicted octanol–water partition coefficient (Wildman–Crippen LogP) is 4.97. The maximum absolute atomic E-state index is 13.1. The van der Waals surface area contributed by atoms with Gasteiger partial charge in [-0.15, -0.1) is 11.6 Å². The number of pyridine rings is 1. The molecule has 1 aromatic carbocycles. The van der Waals surface area contributed by atoms with Crippen LogP contribution in [0.3, 0.4) is 0 Å². The molecule has 0 fully saturated rings. The second kappa shape index (κ2) is 8.13. The maximum Gasteiger partial charge on any atom is 0.258 e. The van der Waals surface area contributed by atoms with Crippen LogP contribution in [0.1, 0.15) is 46.2 Å². The third kappa shape index (κ3) is 4.49. The van der Waals surface area contributed by atoms with Gasteiger partial charge in [-0.1, -0.05) is 34.1 Å². The van der Waals surface area contributed by atoms with Gasteiger partial charge in [0.25, 0.3) is 5.56 Å². The van der Waals surface area contributed by atoms with Gasteiger partial charge in [0.15, 0.2) is 0 Å². The van der Waals surface area contributed by atoms with Crippen LogP contribution < -0.4 is 15.0 Å². The number of alkyl halides is 1. The zero-order valence-electron chi connectivity index (χ0n) is 15.8. The Kier molecular flexibility index (Phi) is 6.39. The molecule has 2 aromatic rings. The lowest BCUT2D eigenvalue weighted by molar-refractivity contribution is 0.296. The predicted molar refractivity (Wildman–Crippen MR) is 104 cm³/mol. The van der Waals surface area contributed by atoms with Crippen LogP contribution in [-0.2, 0) is 12.4 Å². The van der Waals surface area contributed by atoms with Crippen LogP contribution in [0, 0.1) is 5.41 Å². The number of aromatic nitrogens is 1. The number of rotatable bonds is 7. The fourth-order valence-corrected chi connectivity index (χ4v) is 3.09. The molecule has 1 heterocycles. The van der Waals surface area contributed by atoms with Gasteiger partial charge in [0.1, 0.15) is 11.5 Å². The average molecular weight is 366 g/mol. The number of hydrogen-bond acceptors (Lipinski definition) is 3. The number of benzene rings is 1. The molecular formula is C20H28ClNO3. The number of hydrogen-bond donors (Lipinski definition) is 0. The molecule has 0 saturated carbocycles. The summed E-state index contributed by atoms with van der Waals surface area (Å²) in [5.74, 6) is 1.61. The van der Waals surface area contributed by atoms with E-state index in [2.05, 4.69) is 27.7 Å². The Hall–Kier alpha value is -1.68. The van der Waals surface area contributed by atoms with Gasteiger partial charge in [0, 0.05) is 11.9 Å². The SMILES string of the molecule is CCCCOc1c(CCl)n(CC(C)(C)C)c(=O)c2ccc(OC)cc12. The molecule has 2 rings (SSSR count). The Morgan fingerprint density at radius 1 is 1.20 bits per heavy atom. The van der Waals surface area contributed by atoms with Crippen LogP contribution in [-0.4, -0.2) is 18.3 Å². The first-order chi connectivity index (χ1) is 11.8. The molecule has 138 valence electrons. The lowest BCUT2D eigenvalue weighted by Gasteiger charge is -2.25. The molecular weight excluding hydrogens is 338 g/mol. The van der Waals surface area contributed by atoms with Gasteiger partial charge < -0.3 is 14.0 Å². The van der Waals surface area contributed by atoms with Crippen LogP contribution >= 0.6 is 11.6 Å². The van der Waals surface area contributed by atoms with Gasteiger partial charge in [-0.2, -0.15) is 0 Å². The van der Waals surface area contributed by atoms with Crippen LogP contribution in [0.4, 0.5) is 0 Å². The lowest BCUT2D eigenvalue weighted by Crippen LogP contribution is -2.30. The van der Waals surface area contributed by atoms with Gasteiger partial charge in [-0.3, -0.25) is 4.79 Å². The molecule has 5 heteroatoms. The molecule has 1 aromatic heterocycles. The summed E-state index contributed by atoms with van der Waals surface area (Å²) in [5, 5.41) is 1.40.